The molecule has 0 radical (unpaired) electrons. The van der Waals surface area contributed by atoms with Crippen LogP contribution in [0.3, 0.4) is 0 Å². The van der Waals surface area contributed by atoms with E-state index >= 15 is 0 Å². The molecular formula is C20H18O5. The average Bonchev–Trinajstić information content (AvgIpc) is 2.53. The Morgan fingerprint density at radius 2 is 1.88 bits per heavy atom. The number of esters is 1. The molecule has 0 heterocycles. The number of aromatic hydroxyl groups is 2. The zero-order valence-corrected chi connectivity index (χ0v) is 14.2. The summed E-state index contributed by atoms with van der Waals surface area (Å²) in [5.41, 5.74) is -0.241. The molecular weight excluding hydrogens is 320 g/mol. The molecule has 5 nitrogen and oxygen atoms in total. The molecule has 0 fully saturated rings. The Labute approximate surface area is 144 Å². The van der Waals surface area contributed by atoms with Gasteiger partial charge in [-0.05, 0) is 11.3 Å². The van der Waals surface area contributed by atoms with E-state index in [0.717, 1.165) is 0 Å². The Bertz CT molecular complexity index is 1070. The lowest BCUT2D eigenvalue weighted by atomic mass is 9.74. The summed E-state index contributed by atoms with van der Waals surface area (Å²) in [6, 6.07) is 3.25. The highest BCUT2D eigenvalue weighted by Crippen LogP contribution is 2.45. The van der Waals surface area contributed by atoms with Crippen molar-refractivity contribution in [2.45, 2.75) is 26.2 Å². The molecule has 0 aromatic heterocycles. The zero-order chi connectivity index (χ0) is 18.5. The van der Waals surface area contributed by atoms with Gasteiger partial charge in [0, 0.05) is 33.9 Å². The summed E-state index contributed by atoms with van der Waals surface area (Å²) >= 11 is 0. The third kappa shape index (κ3) is 2.48. The number of rotatable bonds is 1. The maximum Gasteiger partial charge on any atom is 0.307 e. The largest absolute Gasteiger partial charge is 0.507 e. The van der Waals surface area contributed by atoms with Crippen molar-refractivity contribution in [3.63, 3.8) is 0 Å². The van der Waals surface area contributed by atoms with Crippen LogP contribution in [-0.2, 0) is 14.9 Å². The summed E-state index contributed by atoms with van der Waals surface area (Å²) in [5.74, 6) is -1.24. The van der Waals surface area contributed by atoms with Gasteiger partial charge in [0.05, 0.1) is 5.56 Å². The van der Waals surface area contributed by atoms with Gasteiger partial charge in [0.25, 0.3) is 0 Å². The summed E-state index contributed by atoms with van der Waals surface area (Å²) in [7, 11) is 0. The molecule has 2 N–H and O–H groups in total. The first kappa shape index (κ1) is 16.8. The third-order valence-corrected chi connectivity index (χ3v) is 4.42. The number of carbonyl (C=O) groups is 2. The first-order valence-electron chi connectivity index (χ1n) is 7.76. The molecule has 0 saturated heterocycles. The first-order valence-corrected chi connectivity index (χ1v) is 7.76. The Morgan fingerprint density at radius 1 is 1.20 bits per heavy atom. The van der Waals surface area contributed by atoms with Crippen LogP contribution in [0, 0.1) is 0 Å². The maximum absolute atomic E-state index is 12.3. The van der Waals surface area contributed by atoms with E-state index < -0.39 is 11.4 Å². The van der Waals surface area contributed by atoms with Crippen molar-refractivity contribution in [3.8, 4) is 11.5 Å². The fraction of sp³-hybridized carbons (Fsp3) is 0.200. The highest BCUT2D eigenvalue weighted by molar-refractivity contribution is 6.14. The summed E-state index contributed by atoms with van der Waals surface area (Å²) in [6.45, 7) is 8.81. The van der Waals surface area contributed by atoms with E-state index in [1.165, 1.54) is 19.3 Å². The molecule has 0 saturated carbocycles. The van der Waals surface area contributed by atoms with Gasteiger partial charge in [-0.3, -0.25) is 9.59 Å². The summed E-state index contributed by atoms with van der Waals surface area (Å²) in [5, 5.41) is 23.1. The van der Waals surface area contributed by atoms with Crippen LogP contribution in [0.25, 0.3) is 23.6 Å². The van der Waals surface area contributed by atoms with Crippen molar-refractivity contribution in [3.05, 3.63) is 45.8 Å². The Hall–Kier alpha value is -3.08. The molecule has 1 aliphatic rings. The van der Waals surface area contributed by atoms with Gasteiger partial charge < -0.3 is 14.9 Å². The number of fused-ring (bicyclic) bond motifs is 2. The standard InChI is InChI=1S/C20H18O5/c1-10-5-6-12(9-25-11(2)21)15-14(10)18(23)16-13(22)7-8-20(3,4)17(16)19(15)24/h5-9,23-24H,1H2,2-4H3. The van der Waals surface area contributed by atoms with Crippen LogP contribution in [0.1, 0.15) is 36.7 Å². The minimum atomic E-state index is -0.658. The van der Waals surface area contributed by atoms with Crippen LogP contribution >= 0.6 is 0 Å². The van der Waals surface area contributed by atoms with Gasteiger partial charge in [0.2, 0.25) is 0 Å². The SMILES string of the molecule is C=c1ccc(=COC(C)=O)c2c(O)c3c(c(O)c12)C(=O)C=CC3(C)C. The van der Waals surface area contributed by atoms with Crippen LogP contribution < -0.4 is 10.4 Å². The maximum atomic E-state index is 12.3. The monoisotopic (exact) mass is 338 g/mol. The Kier molecular flexibility index (Phi) is 3.68. The lowest BCUT2D eigenvalue weighted by Crippen LogP contribution is -2.25. The molecule has 0 amide bonds. The first-order chi connectivity index (χ1) is 11.6. The van der Waals surface area contributed by atoms with E-state index in [9.17, 15) is 19.8 Å². The predicted octanol–water partition coefficient (Wildman–Crippen LogP) is 1.99. The minimum Gasteiger partial charge on any atom is -0.507 e. The average molecular weight is 338 g/mol. The minimum absolute atomic E-state index is 0.0760. The van der Waals surface area contributed by atoms with E-state index in [0.29, 0.717) is 21.4 Å². The van der Waals surface area contributed by atoms with Crippen molar-refractivity contribution in [2.75, 3.05) is 0 Å². The van der Waals surface area contributed by atoms with Gasteiger partial charge in [-0.15, -0.1) is 0 Å². The molecule has 0 atom stereocenters. The van der Waals surface area contributed by atoms with Gasteiger partial charge in [-0.2, -0.15) is 0 Å². The lowest BCUT2D eigenvalue weighted by Gasteiger charge is -2.29. The number of phenols is 2. The number of phenolic OH excluding ortho intramolecular Hbond substituents is 2. The molecule has 0 aliphatic heterocycles. The van der Waals surface area contributed by atoms with E-state index in [1.807, 2.05) is 13.8 Å². The van der Waals surface area contributed by atoms with Crippen molar-refractivity contribution in [1.82, 2.24) is 0 Å². The fourth-order valence-corrected chi connectivity index (χ4v) is 3.24. The molecule has 2 aromatic rings. The number of hydrogen-bond acceptors (Lipinski definition) is 5. The highest BCUT2D eigenvalue weighted by Gasteiger charge is 2.35. The fourth-order valence-electron chi connectivity index (χ4n) is 3.24. The molecule has 1 aliphatic carbocycles. The van der Waals surface area contributed by atoms with Gasteiger partial charge in [-0.1, -0.05) is 38.6 Å². The van der Waals surface area contributed by atoms with E-state index in [1.54, 1.807) is 18.2 Å². The molecule has 25 heavy (non-hydrogen) atoms. The zero-order valence-electron chi connectivity index (χ0n) is 14.2. The van der Waals surface area contributed by atoms with Crippen LogP contribution in [0.2, 0.25) is 0 Å². The second-order valence-corrected chi connectivity index (χ2v) is 6.66. The molecule has 3 rings (SSSR count). The second-order valence-electron chi connectivity index (χ2n) is 6.66. The quantitative estimate of drug-likeness (QED) is 0.614. The van der Waals surface area contributed by atoms with Gasteiger partial charge in [0.1, 0.15) is 17.8 Å². The van der Waals surface area contributed by atoms with Gasteiger partial charge >= 0.3 is 5.97 Å². The third-order valence-electron chi connectivity index (χ3n) is 4.42. The normalized spacial score (nSPS) is 16.1. The van der Waals surface area contributed by atoms with E-state index in [-0.39, 0.29) is 28.2 Å². The summed E-state index contributed by atoms with van der Waals surface area (Å²) in [6.07, 6.45) is 4.29. The number of ketones is 1. The van der Waals surface area contributed by atoms with Gasteiger partial charge in [-0.25, -0.2) is 0 Å². The number of benzene rings is 2. The van der Waals surface area contributed by atoms with Crippen molar-refractivity contribution < 1.29 is 24.5 Å². The van der Waals surface area contributed by atoms with Crippen molar-refractivity contribution in [2.24, 2.45) is 0 Å². The van der Waals surface area contributed by atoms with Crippen molar-refractivity contribution in [1.29, 1.82) is 0 Å². The highest BCUT2D eigenvalue weighted by atomic mass is 16.5. The van der Waals surface area contributed by atoms with Crippen LogP contribution in [0.4, 0.5) is 0 Å². The van der Waals surface area contributed by atoms with Crippen LogP contribution in [-0.4, -0.2) is 22.0 Å². The molecule has 2 aromatic carbocycles. The molecule has 5 heteroatoms. The summed E-state index contributed by atoms with van der Waals surface area (Å²) in [4.78, 5) is 23.5. The molecule has 0 bridgehead atoms. The number of carbonyl (C=O) groups excluding carboxylic acids is 2. The Balaban J connectivity index is 2.57. The smallest absolute Gasteiger partial charge is 0.307 e. The topological polar surface area (TPSA) is 83.8 Å². The number of hydrogen-bond donors (Lipinski definition) is 2. The number of allylic oxidation sites excluding steroid dienone is 2. The van der Waals surface area contributed by atoms with E-state index in [2.05, 4.69) is 6.58 Å². The molecule has 0 spiro atoms. The van der Waals surface area contributed by atoms with Crippen molar-refractivity contribution >= 4 is 35.4 Å². The van der Waals surface area contributed by atoms with Crippen LogP contribution in [0.5, 0.6) is 11.5 Å². The predicted molar refractivity (Wildman–Crippen MR) is 94.8 cm³/mol. The Morgan fingerprint density at radius 3 is 2.52 bits per heavy atom. The van der Waals surface area contributed by atoms with Gasteiger partial charge in [0.15, 0.2) is 5.78 Å². The number of ether oxygens (including phenoxy) is 1. The van der Waals surface area contributed by atoms with E-state index in [4.69, 9.17) is 4.74 Å². The molecule has 128 valence electrons. The summed E-state index contributed by atoms with van der Waals surface area (Å²) < 4.78 is 4.93. The second kappa shape index (κ2) is 5.48. The molecule has 0 unspecified atom stereocenters. The lowest BCUT2D eigenvalue weighted by molar-refractivity contribution is -0.133. The van der Waals surface area contributed by atoms with Crippen LogP contribution in [0.15, 0.2) is 24.3 Å².